The summed E-state index contributed by atoms with van der Waals surface area (Å²) in [6.07, 6.45) is 1.20. The summed E-state index contributed by atoms with van der Waals surface area (Å²) in [5.74, 6) is 0.645. The minimum atomic E-state index is 0. The molecule has 1 atom stereocenters. The first-order valence-corrected chi connectivity index (χ1v) is 6.23. The molecule has 1 unspecified atom stereocenters. The van der Waals surface area contributed by atoms with E-state index in [1.54, 1.807) is 6.07 Å². The van der Waals surface area contributed by atoms with Crippen LogP contribution < -0.4 is 5.32 Å². The van der Waals surface area contributed by atoms with Crippen molar-refractivity contribution in [3.63, 3.8) is 0 Å². The molecule has 17 heavy (non-hydrogen) atoms. The van der Waals surface area contributed by atoms with Crippen molar-refractivity contribution in [3.05, 3.63) is 33.8 Å². The van der Waals surface area contributed by atoms with Gasteiger partial charge in [-0.25, -0.2) is 0 Å². The fourth-order valence-corrected chi connectivity index (χ4v) is 2.29. The van der Waals surface area contributed by atoms with Crippen molar-refractivity contribution in [2.75, 3.05) is 19.7 Å². The molecule has 0 radical (unpaired) electrons. The second-order valence-electron chi connectivity index (χ2n) is 4.11. The number of benzene rings is 1. The van der Waals surface area contributed by atoms with E-state index in [1.165, 1.54) is 6.42 Å². The van der Waals surface area contributed by atoms with Gasteiger partial charge in [0.05, 0.1) is 13.2 Å². The smallest absolute Gasteiger partial charge is 0.0731 e. The third-order valence-corrected chi connectivity index (χ3v) is 3.38. The number of rotatable bonds is 4. The Labute approximate surface area is 118 Å². The largest absolute Gasteiger partial charge is 0.376 e. The molecule has 1 N–H and O–H groups in total. The zero-order chi connectivity index (χ0) is 11.4. The first kappa shape index (κ1) is 15.1. The molecule has 1 fully saturated rings. The molecule has 0 bridgehead atoms. The van der Waals surface area contributed by atoms with Gasteiger partial charge in [-0.3, -0.25) is 0 Å². The third-order valence-electron chi connectivity index (χ3n) is 2.79. The number of halogens is 3. The number of ether oxygens (including phenoxy) is 1. The van der Waals surface area contributed by atoms with Crippen molar-refractivity contribution in [3.8, 4) is 0 Å². The van der Waals surface area contributed by atoms with Crippen LogP contribution in [0.4, 0.5) is 0 Å². The van der Waals surface area contributed by atoms with Crippen LogP contribution in [0.1, 0.15) is 12.0 Å². The zero-order valence-corrected chi connectivity index (χ0v) is 11.7. The highest BCUT2D eigenvalue weighted by Crippen LogP contribution is 2.22. The third kappa shape index (κ3) is 4.65. The summed E-state index contributed by atoms with van der Waals surface area (Å²) in [6.45, 7) is 3.53. The minimum Gasteiger partial charge on any atom is -0.376 e. The summed E-state index contributed by atoms with van der Waals surface area (Å²) < 4.78 is 5.66. The van der Waals surface area contributed by atoms with Gasteiger partial charge in [0.15, 0.2) is 0 Å². The van der Waals surface area contributed by atoms with E-state index in [0.717, 1.165) is 25.3 Å². The standard InChI is InChI=1S/C12H15Cl2NO.ClH/c13-11-2-1-10(12(14)5-11)8-16-7-9-3-4-15-6-9;/h1-2,5,9,15H,3-4,6-8H2;1H. The Morgan fingerprint density at radius 2 is 2.18 bits per heavy atom. The topological polar surface area (TPSA) is 21.3 Å². The lowest BCUT2D eigenvalue weighted by molar-refractivity contribution is 0.0925. The second kappa shape index (κ2) is 7.45. The van der Waals surface area contributed by atoms with Crippen molar-refractivity contribution in [1.82, 2.24) is 5.32 Å². The van der Waals surface area contributed by atoms with Crippen molar-refractivity contribution < 1.29 is 4.74 Å². The normalized spacial score (nSPS) is 19.1. The van der Waals surface area contributed by atoms with E-state index >= 15 is 0 Å². The minimum absolute atomic E-state index is 0. The molecule has 5 heteroatoms. The van der Waals surface area contributed by atoms with Gasteiger partial charge in [-0.15, -0.1) is 12.4 Å². The maximum Gasteiger partial charge on any atom is 0.0731 e. The summed E-state index contributed by atoms with van der Waals surface area (Å²) >= 11 is 11.9. The molecule has 0 spiro atoms. The van der Waals surface area contributed by atoms with Crippen LogP contribution in [-0.2, 0) is 11.3 Å². The van der Waals surface area contributed by atoms with Gasteiger partial charge in [0.1, 0.15) is 0 Å². The molecule has 1 saturated heterocycles. The maximum atomic E-state index is 6.05. The van der Waals surface area contributed by atoms with Gasteiger partial charge in [-0.2, -0.15) is 0 Å². The highest BCUT2D eigenvalue weighted by Gasteiger charge is 2.14. The van der Waals surface area contributed by atoms with Gasteiger partial charge in [-0.1, -0.05) is 29.3 Å². The molecule has 1 aliphatic rings. The first-order valence-electron chi connectivity index (χ1n) is 5.48. The quantitative estimate of drug-likeness (QED) is 0.917. The highest BCUT2D eigenvalue weighted by atomic mass is 35.5. The van der Waals surface area contributed by atoms with Gasteiger partial charge in [0, 0.05) is 16.6 Å². The van der Waals surface area contributed by atoms with Crippen molar-refractivity contribution in [2.24, 2.45) is 5.92 Å². The van der Waals surface area contributed by atoms with Crippen LogP contribution in [0, 0.1) is 5.92 Å². The Kier molecular flexibility index (Phi) is 6.60. The molecule has 2 rings (SSSR count). The molecule has 1 aromatic carbocycles. The fourth-order valence-electron chi connectivity index (χ4n) is 1.83. The molecular formula is C12H16Cl3NO. The second-order valence-corrected chi connectivity index (χ2v) is 4.95. The molecule has 1 aliphatic heterocycles. The van der Waals surface area contributed by atoms with Crippen LogP contribution >= 0.6 is 35.6 Å². The van der Waals surface area contributed by atoms with Crippen molar-refractivity contribution in [2.45, 2.75) is 13.0 Å². The van der Waals surface area contributed by atoms with Crippen molar-refractivity contribution in [1.29, 1.82) is 0 Å². The van der Waals surface area contributed by atoms with Gasteiger partial charge in [0.2, 0.25) is 0 Å². The average molecular weight is 297 g/mol. The van der Waals surface area contributed by atoms with Gasteiger partial charge in [-0.05, 0) is 36.6 Å². The lowest BCUT2D eigenvalue weighted by atomic mass is 10.1. The molecule has 0 amide bonds. The number of hydrogen-bond donors (Lipinski definition) is 1. The first-order chi connectivity index (χ1) is 7.75. The van der Waals surface area contributed by atoms with Crippen LogP contribution in [0.5, 0.6) is 0 Å². The predicted molar refractivity (Wildman–Crippen MR) is 74.3 cm³/mol. The fraction of sp³-hybridized carbons (Fsp3) is 0.500. The Balaban J connectivity index is 0.00000144. The number of hydrogen-bond acceptors (Lipinski definition) is 2. The summed E-state index contributed by atoms with van der Waals surface area (Å²) in [4.78, 5) is 0. The summed E-state index contributed by atoms with van der Waals surface area (Å²) in [5.41, 5.74) is 0.997. The molecular weight excluding hydrogens is 280 g/mol. The van der Waals surface area contributed by atoms with E-state index in [9.17, 15) is 0 Å². The zero-order valence-electron chi connectivity index (χ0n) is 9.42. The summed E-state index contributed by atoms with van der Waals surface area (Å²) in [7, 11) is 0. The number of nitrogens with one attached hydrogen (secondary N) is 1. The van der Waals surface area contributed by atoms with Crippen LogP contribution in [0.25, 0.3) is 0 Å². The van der Waals surface area contributed by atoms with Crippen LogP contribution in [-0.4, -0.2) is 19.7 Å². The maximum absolute atomic E-state index is 6.05. The van der Waals surface area contributed by atoms with E-state index in [-0.39, 0.29) is 12.4 Å². The Bertz CT molecular complexity index is 354. The Morgan fingerprint density at radius 1 is 1.35 bits per heavy atom. The van der Waals surface area contributed by atoms with Gasteiger partial charge in [0.25, 0.3) is 0 Å². The Hall–Kier alpha value is 0.01000. The van der Waals surface area contributed by atoms with E-state index in [4.69, 9.17) is 27.9 Å². The lowest BCUT2D eigenvalue weighted by Crippen LogP contribution is -2.13. The van der Waals surface area contributed by atoms with Crippen LogP contribution in [0.2, 0.25) is 10.0 Å². The van der Waals surface area contributed by atoms with Gasteiger partial charge >= 0.3 is 0 Å². The van der Waals surface area contributed by atoms with Gasteiger partial charge < -0.3 is 10.1 Å². The molecule has 1 aromatic rings. The highest BCUT2D eigenvalue weighted by molar-refractivity contribution is 6.35. The molecule has 0 aliphatic carbocycles. The van der Waals surface area contributed by atoms with E-state index in [0.29, 0.717) is 22.6 Å². The molecule has 0 aromatic heterocycles. The predicted octanol–water partition coefficient (Wildman–Crippen LogP) is 3.54. The molecule has 1 heterocycles. The lowest BCUT2D eigenvalue weighted by Gasteiger charge is -2.10. The van der Waals surface area contributed by atoms with Crippen LogP contribution in [0.3, 0.4) is 0 Å². The molecule has 0 saturated carbocycles. The monoisotopic (exact) mass is 295 g/mol. The Morgan fingerprint density at radius 3 is 2.82 bits per heavy atom. The van der Waals surface area contributed by atoms with E-state index < -0.39 is 0 Å². The average Bonchev–Trinajstić information content (AvgIpc) is 2.74. The molecule has 2 nitrogen and oxygen atoms in total. The SMILES string of the molecule is Cl.Clc1ccc(COCC2CCNC2)c(Cl)c1. The summed E-state index contributed by atoms with van der Waals surface area (Å²) in [5, 5.41) is 4.66. The van der Waals surface area contributed by atoms with E-state index in [2.05, 4.69) is 5.32 Å². The van der Waals surface area contributed by atoms with Crippen molar-refractivity contribution >= 4 is 35.6 Å². The molecule has 96 valence electrons. The summed E-state index contributed by atoms with van der Waals surface area (Å²) in [6, 6.07) is 5.50. The van der Waals surface area contributed by atoms with Crippen LogP contribution in [0.15, 0.2) is 18.2 Å². The van der Waals surface area contributed by atoms with E-state index in [1.807, 2.05) is 12.1 Å².